The summed E-state index contributed by atoms with van der Waals surface area (Å²) in [5.74, 6) is 1.30. The van der Waals surface area contributed by atoms with Crippen molar-refractivity contribution >= 4 is 11.7 Å². The number of nitrogens with zero attached hydrogens (tertiary/aromatic N) is 3. The van der Waals surface area contributed by atoms with E-state index in [1.165, 1.54) is 19.3 Å². The maximum absolute atomic E-state index is 12.8. The molecule has 1 fully saturated rings. The minimum absolute atomic E-state index is 0.0367. The van der Waals surface area contributed by atoms with E-state index in [-0.39, 0.29) is 11.9 Å². The van der Waals surface area contributed by atoms with Gasteiger partial charge in [0.1, 0.15) is 5.82 Å². The quantitative estimate of drug-likeness (QED) is 0.875. The molecule has 2 N–H and O–H groups in total. The first kappa shape index (κ1) is 17.7. The normalized spacial score (nSPS) is 16.5. The number of anilines is 1. The van der Waals surface area contributed by atoms with Crippen molar-refractivity contribution in [2.45, 2.75) is 45.6 Å². The molecule has 1 atom stereocenters. The van der Waals surface area contributed by atoms with Gasteiger partial charge in [-0.2, -0.15) is 0 Å². The lowest BCUT2D eigenvalue weighted by molar-refractivity contribution is 0.0789. The highest BCUT2D eigenvalue weighted by Gasteiger charge is 2.22. The van der Waals surface area contributed by atoms with Crippen LogP contribution in [0.25, 0.3) is 0 Å². The number of piperidine rings is 1. The Kier molecular flexibility index (Phi) is 6.39. The molecule has 128 valence electrons. The van der Waals surface area contributed by atoms with Crippen LogP contribution in [0.2, 0.25) is 0 Å². The lowest BCUT2D eigenvalue weighted by Crippen LogP contribution is -2.36. The van der Waals surface area contributed by atoms with Crippen molar-refractivity contribution in [1.82, 2.24) is 9.88 Å². The smallest absolute Gasteiger partial charge is 0.257 e. The fraction of sp³-hybridized carbons (Fsp3) is 0.667. The molecule has 1 aliphatic rings. The van der Waals surface area contributed by atoms with Gasteiger partial charge in [0.15, 0.2) is 0 Å². The van der Waals surface area contributed by atoms with E-state index in [2.05, 4.69) is 23.7 Å². The number of pyridine rings is 1. The second kappa shape index (κ2) is 8.29. The monoisotopic (exact) mass is 318 g/mol. The van der Waals surface area contributed by atoms with E-state index in [4.69, 9.17) is 5.73 Å². The molecule has 1 amide bonds. The summed E-state index contributed by atoms with van der Waals surface area (Å²) in [4.78, 5) is 21.3. The van der Waals surface area contributed by atoms with Crippen LogP contribution >= 0.6 is 0 Å². The maximum atomic E-state index is 12.8. The molecule has 0 saturated carbocycles. The molecule has 23 heavy (non-hydrogen) atoms. The van der Waals surface area contributed by atoms with Crippen LogP contribution in [0, 0.1) is 5.92 Å². The summed E-state index contributed by atoms with van der Waals surface area (Å²) in [5.41, 5.74) is 6.80. The number of nitrogens with two attached hydrogens (primary N) is 1. The molecule has 0 radical (unpaired) electrons. The average molecular weight is 318 g/mol. The van der Waals surface area contributed by atoms with Gasteiger partial charge >= 0.3 is 0 Å². The van der Waals surface area contributed by atoms with Crippen LogP contribution in [0.4, 0.5) is 5.82 Å². The van der Waals surface area contributed by atoms with Gasteiger partial charge in [-0.1, -0.05) is 13.8 Å². The second-order valence-electron chi connectivity index (χ2n) is 6.85. The first-order valence-corrected chi connectivity index (χ1v) is 8.71. The predicted octanol–water partition coefficient (Wildman–Crippen LogP) is 2.52. The van der Waals surface area contributed by atoms with E-state index >= 15 is 0 Å². The standard InChI is InChI=1S/C18H30N4O/c1-14(2)16(19)9-13-21(3)18(23)15-8-7-10-20-17(15)22-11-5-4-6-12-22/h7-8,10,14,16H,4-6,9,11-13,19H2,1-3H3. The number of hydrogen-bond donors (Lipinski definition) is 1. The van der Waals surface area contributed by atoms with Crippen LogP contribution in [-0.4, -0.2) is 48.5 Å². The van der Waals surface area contributed by atoms with Gasteiger partial charge in [0.2, 0.25) is 0 Å². The summed E-state index contributed by atoms with van der Waals surface area (Å²) < 4.78 is 0. The lowest BCUT2D eigenvalue weighted by Gasteiger charge is -2.30. The van der Waals surface area contributed by atoms with Crippen LogP contribution in [0.1, 0.15) is 49.9 Å². The van der Waals surface area contributed by atoms with Gasteiger partial charge in [0.25, 0.3) is 5.91 Å². The third-order valence-corrected chi connectivity index (χ3v) is 4.67. The molecular weight excluding hydrogens is 288 g/mol. The number of carbonyl (C=O) groups is 1. The molecule has 1 aromatic heterocycles. The average Bonchev–Trinajstić information content (AvgIpc) is 2.59. The summed E-state index contributed by atoms with van der Waals surface area (Å²) >= 11 is 0. The Morgan fingerprint density at radius 3 is 2.70 bits per heavy atom. The van der Waals surface area contributed by atoms with Crippen molar-refractivity contribution in [1.29, 1.82) is 0 Å². The number of rotatable bonds is 6. The van der Waals surface area contributed by atoms with Gasteiger partial charge in [-0.05, 0) is 43.7 Å². The van der Waals surface area contributed by atoms with Crippen LogP contribution < -0.4 is 10.6 Å². The van der Waals surface area contributed by atoms with Crippen LogP contribution in [0.15, 0.2) is 18.3 Å². The molecule has 1 saturated heterocycles. The SMILES string of the molecule is CC(C)C(N)CCN(C)C(=O)c1cccnc1N1CCCCC1. The minimum Gasteiger partial charge on any atom is -0.356 e. The molecule has 2 rings (SSSR count). The van der Waals surface area contributed by atoms with Crippen molar-refractivity contribution < 1.29 is 4.79 Å². The first-order valence-electron chi connectivity index (χ1n) is 8.71. The van der Waals surface area contributed by atoms with E-state index in [0.717, 1.165) is 25.3 Å². The van der Waals surface area contributed by atoms with E-state index in [0.29, 0.717) is 18.0 Å². The Bertz CT molecular complexity index is 511. The number of carbonyl (C=O) groups excluding carboxylic acids is 1. The van der Waals surface area contributed by atoms with Gasteiger partial charge < -0.3 is 15.5 Å². The molecule has 2 heterocycles. The van der Waals surface area contributed by atoms with Gasteiger partial charge in [0, 0.05) is 38.9 Å². The highest BCUT2D eigenvalue weighted by molar-refractivity contribution is 5.98. The molecule has 1 aromatic rings. The summed E-state index contributed by atoms with van der Waals surface area (Å²) in [5, 5.41) is 0. The van der Waals surface area contributed by atoms with Gasteiger partial charge in [0.05, 0.1) is 5.56 Å². The van der Waals surface area contributed by atoms with Gasteiger partial charge in [-0.3, -0.25) is 4.79 Å². The number of aromatic nitrogens is 1. The fourth-order valence-electron chi connectivity index (χ4n) is 2.90. The molecule has 0 spiro atoms. The Hall–Kier alpha value is -1.62. The lowest BCUT2D eigenvalue weighted by atomic mass is 10.0. The zero-order valence-corrected chi connectivity index (χ0v) is 14.7. The molecule has 1 aliphatic heterocycles. The Labute approximate surface area is 139 Å². The third-order valence-electron chi connectivity index (χ3n) is 4.67. The van der Waals surface area contributed by atoms with E-state index in [1.807, 2.05) is 19.2 Å². The van der Waals surface area contributed by atoms with Crippen molar-refractivity contribution in [2.75, 3.05) is 31.6 Å². The van der Waals surface area contributed by atoms with E-state index < -0.39 is 0 Å². The first-order chi connectivity index (χ1) is 11.0. The zero-order valence-electron chi connectivity index (χ0n) is 14.7. The van der Waals surface area contributed by atoms with Crippen molar-refractivity contribution in [3.63, 3.8) is 0 Å². The second-order valence-corrected chi connectivity index (χ2v) is 6.85. The van der Waals surface area contributed by atoms with E-state index in [9.17, 15) is 4.79 Å². The third kappa shape index (κ3) is 4.67. The number of amides is 1. The Morgan fingerprint density at radius 2 is 2.04 bits per heavy atom. The van der Waals surface area contributed by atoms with Crippen molar-refractivity contribution in [2.24, 2.45) is 11.7 Å². The molecule has 5 heteroatoms. The summed E-state index contributed by atoms with van der Waals surface area (Å²) in [6, 6.07) is 3.85. The van der Waals surface area contributed by atoms with Gasteiger partial charge in [-0.25, -0.2) is 4.98 Å². The van der Waals surface area contributed by atoms with E-state index in [1.54, 1.807) is 11.1 Å². The number of hydrogen-bond acceptors (Lipinski definition) is 4. The molecule has 5 nitrogen and oxygen atoms in total. The minimum atomic E-state index is 0.0367. The molecule has 0 bridgehead atoms. The summed E-state index contributed by atoms with van der Waals surface area (Å²) in [6.07, 6.45) is 6.20. The molecular formula is C18H30N4O. The molecule has 1 unspecified atom stereocenters. The predicted molar refractivity (Wildman–Crippen MR) is 94.7 cm³/mol. The maximum Gasteiger partial charge on any atom is 0.257 e. The Morgan fingerprint density at radius 1 is 1.35 bits per heavy atom. The summed E-state index contributed by atoms with van der Waals surface area (Å²) in [6.45, 7) is 6.87. The van der Waals surface area contributed by atoms with Crippen molar-refractivity contribution in [3.05, 3.63) is 23.9 Å². The van der Waals surface area contributed by atoms with Crippen LogP contribution in [-0.2, 0) is 0 Å². The highest BCUT2D eigenvalue weighted by Crippen LogP contribution is 2.22. The van der Waals surface area contributed by atoms with Gasteiger partial charge in [-0.15, -0.1) is 0 Å². The van der Waals surface area contributed by atoms with Crippen LogP contribution in [0.5, 0.6) is 0 Å². The highest BCUT2D eigenvalue weighted by atomic mass is 16.2. The fourth-order valence-corrected chi connectivity index (χ4v) is 2.90. The topological polar surface area (TPSA) is 62.5 Å². The molecule has 0 aromatic carbocycles. The molecule has 0 aliphatic carbocycles. The summed E-state index contributed by atoms with van der Waals surface area (Å²) in [7, 11) is 1.85. The zero-order chi connectivity index (χ0) is 16.8. The van der Waals surface area contributed by atoms with Crippen LogP contribution in [0.3, 0.4) is 0 Å². The largest absolute Gasteiger partial charge is 0.356 e. The Balaban J connectivity index is 2.06. The van der Waals surface area contributed by atoms with Crippen molar-refractivity contribution in [3.8, 4) is 0 Å².